The van der Waals surface area contributed by atoms with Crippen LogP contribution in [0.5, 0.6) is 0 Å². The number of halogens is 1. The van der Waals surface area contributed by atoms with E-state index < -0.39 is 5.54 Å². The van der Waals surface area contributed by atoms with Crippen molar-refractivity contribution < 1.29 is 0 Å². The van der Waals surface area contributed by atoms with E-state index in [0.717, 1.165) is 16.5 Å². The fourth-order valence-electron chi connectivity index (χ4n) is 3.39. The summed E-state index contributed by atoms with van der Waals surface area (Å²) in [5, 5.41) is 11.4. The SMILES string of the molecule is CC(C#N)(N=C(c1ccccc1)c1ccccc1)c1cc2ccc(Cl)cc2[nH]c1=O. The highest BCUT2D eigenvalue weighted by Gasteiger charge is 2.30. The van der Waals surface area contributed by atoms with Gasteiger partial charge in [0.2, 0.25) is 0 Å². The predicted octanol–water partition coefficient (Wildman–Crippen LogP) is 5.46. The van der Waals surface area contributed by atoms with Crippen molar-refractivity contribution >= 4 is 28.2 Å². The van der Waals surface area contributed by atoms with Crippen LogP contribution in [0.25, 0.3) is 10.9 Å². The summed E-state index contributed by atoms with van der Waals surface area (Å²) < 4.78 is 0. The fourth-order valence-corrected chi connectivity index (χ4v) is 3.56. The van der Waals surface area contributed by atoms with E-state index in [4.69, 9.17) is 16.6 Å². The molecule has 1 atom stereocenters. The number of aromatic nitrogens is 1. The maximum atomic E-state index is 12.9. The molecule has 0 spiro atoms. The van der Waals surface area contributed by atoms with Crippen molar-refractivity contribution in [2.75, 3.05) is 0 Å². The monoisotopic (exact) mass is 411 g/mol. The molecule has 3 aromatic carbocycles. The van der Waals surface area contributed by atoms with Crippen LogP contribution in [0.4, 0.5) is 0 Å². The van der Waals surface area contributed by atoms with Gasteiger partial charge in [-0.2, -0.15) is 5.26 Å². The number of benzene rings is 3. The standard InChI is InChI=1S/C25H18ClN3O/c1-25(16-27,21-14-19-12-13-20(26)15-22(19)28-24(21)30)29-23(17-8-4-2-5-9-17)18-10-6-3-7-11-18/h2-15H,1H3,(H,28,30). The molecule has 0 saturated carbocycles. The van der Waals surface area contributed by atoms with Crippen LogP contribution in [-0.2, 0) is 5.54 Å². The normalized spacial score (nSPS) is 12.7. The molecule has 4 nitrogen and oxygen atoms in total. The largest absolute Gasteiger partial charge is 0.322 e. The Hall–Kier alpha value is -3.68. The van der Waals surface area contributed by atoms with E-state index in [1.807, 2.05) is 66.7 Å². The molecule has 0 radical (unpaired) electrons. The smallest absolute Gasteiger partial charge is 0.255 e. The first-order chi connectivity index (χ1) is 14.5. The van der Waals surface area contributed by atoms with Crippen LogP contribution in [0, 0.1) is 11.3 Å². The first kappa shape index (κ1) is 19.6. The third kappa shape index (κ3) is 3.76. The molecule has 1 unspecified atom stereocenters. The molecule has 0 bridgehead atoms. The average molecular weight is 412 g/mol. The summed E-state index contributed by atoms with van der Waals surface area (Å²) in [5.74, 6) is 0. The summed E-state index contributed by atoms with van der Waals surface area (Å²) in [6.45, 7) is 1.66. The first-order valence-electron chi connectivity index (χ1n) is 9.45. The fraction of sp³-hybridized carbons (Fsp3) is 0.0800. The molecule has 146 valence electrons. The highest BCUT2D eigenvalue weighted by atomic mass is 35.5. The zero-order valence-electron chi connectivity index (χ0n) is 16.3. The lowest BCUT2D eigenvalue weighted by Crippen LogP contribution is -2.28. The van der Waals surface area contributed by atoms with Crippen molar-refractivity contribution in [2.24, 2.45) is 4.99 Å². The molecule has 1 aromatic heterocycles. The van der Waals surface area contributed by atoms with Gasteiger partial charge in [-0.05, 0) is 30.5 Å². The van der Waals surface area contributed by atoms with Gasteiger partial charge in [-0.15, -0.1) is 0 Å². The minimum absolute atomic E-state index is 0.282. The summed E-state index contributed by atoms with van der Waals surface area (Å²) in [4.78, 5) is 20.5. The van der Waals surface area contributed by atoms with Gasteiger partial charge in [-0.3, -0.25) is 9.79 Å². The quantitative estimate of drug-likeness (QED) is 0.453. The zero-order chi connectivity index (χ0) is 21.1. The summed E-state index contributed by atoms with van der Waals surface area (Å²) in [7, 11) is 0. The Balaban J connectivity index is 1.95. The van der Waals surface area contributed by atoms with Crippen molar-refractivity contribution in [3.05, 3.63) is 117 Å². The number of hydrogen-bond donors (Lipinski definition) is 1. The number of aliphatic imine (C=N–C) groups is 1. The molecule has 0 aliphatic rings. The molecule has 30 heavy (non-hydrogen) atoms. The van der Waals surface area contributed by atoms with E-state index in [2.05, 4.69) is 11.1 Å². The Kier molecular flexibility index (Phi) is 5.22. The molecule has 4 rings (SSSR count). The number of rotatable bonds is 4. The van der Waals surface area contributed by atoms with Gasteiger partial charge in [0.25, 0.3) is 5.56 Å². The highest BCUT2D eigenvalue weighted by molar-refractivity contribution is 6.31. The molecule has 5 heteroatoms. The lowest BCUT2D eigenvalue weighted by Gasteiger charge is -2.20. The maximum Gasteiger partial charge on any atom is 0.255 e. The van der Waals surface area contributed by atoms with Crippen LogP contribution in [0.1, 0.15) is 23.6 Å². The van der Waals surface area contributed by atoms with E-state index in [-0.39, 0.29) is 11.1 Å². The van der Waals surface area contributed by atoms with Gasteiger partial charge in [-0.1, -0.05) is 78.3 Å². The van der Waals surface area contributed by atoms with E-state index in [1.54, 1.807) is 25.1 Å². The van der Waals surface area contributed by atoms with Gasteiger partial charge in [0.15, 0.2) is 5.54 Å². The average Bonchev–Trinajstić information content (AvgIpc) is 2.78. The van der Waals surface area contributed by atoms with Crippen LogP contribution in [0.3, 0.4) is 0 Å². The van der Waals surface area contributed by atoms with Crippen molar-refractivity contribution in [2.45, 2.75) is 12.5 Å². The molecule has 1 heterocycles. The van der Waals surface area contributed by atoms with Crippen molar-refractivity contribution in [1.82, 2.24) is 4.98 Å². The Morgan fingerprint density at radius 3 is 2.13 bits per heavy atom. The summed E-state index contributed by atoms with van der Waals surface area (Å²) in [5.41, 5.74) is 1.54. The van der Waals surface area contributed by atoms with Crippen LogP contribution < -0.4 is 5.56 Å². The molecule has 0 saturated heterocycles. The number of nitrogens with zero attached hydrogens (tertiary/aromatic N) is 2. The summed E-state index contributed by atoms with van der Waals surface area (Å²) >= 11 is 6.04. The Labute approximate surface area is 179 Å². The van der Waals surface area contributed by atoms with Crippen molar-refractivity contribution in [3.63, 3.8) is 0 Å². The molecule has 0 aliphatic carbocycles. The summed E-state index contributed by atoms with van der Waals surface area (Å²) in [6.07, 6.45) is 0. The number of nitriles is 1. The van der Waals surface area contributed by atoms with Gasteiger partial charge in [0.05, 0.1) is 17.3 Å². The Morgan fingerprint density at radius 1 is 0.967 bits per heavy atom. The number of nitrogens with one attached hydrogen (secondary N) is 1. The second kappa shape index (κ2) is 7.98. The van der Waals surface area contributed by atoms with Crippen LogP contribution in [0.15, 0.2) is 94.7 Å². The van der Waals surface area contributed by atoms with Gasteiger partial charge >= 0.3 is 0 Å². The molecule has 1 N–H and O–H groups in total. The Morgan fingerprint density at radius 2 is 1.57 bits per heavy atom. The Bertz CT molecular complexity index is 1300. The number of pyridine rings is 1. The minimum atomic E-state index is -1.39. The third-order valence-corrected chi connectivity index (χ3v) is 5.22. The lowest BCUT2D eigenvalue weighted by molar-refractivity contribution is 0.642. The number of fused-ring (bicyclic) bond motifs is 1. The molecule has 0 amide bonds. The van der Waals surface area contributed by atoms with E-state index in [0.29, 0.717) is 16.3 Å². The molecular formula is C25H18ClN3O. The second-order valence-electron chi connectivity index (χ2n) is 7.12. The van der Waals surface area contributed by atoms with Crippen molar-refractivity contribution in [1.29, 1.82) is 5.26 Å². The van der Waals surface area contributed by atoms with Gasteiger partial charge < -0.3 is 4.98 Å². The third-order valence-electron chi connectivity index (χ3n) is 4.98. The molecule has 0 fully saturated rings. The second-order valence-corrected chi connectivity index (χ2v) is 7.56. The topological polar surface area (TPSA) is 69.0 Å². The van der Waals surface area contributed by atoms with Crippen LogP contribution >= 0.6 is 11.6 Å². The van der Waals surface area contributed by atoms with Gasteiger partial charge in [0, 0.05) is 21.7 Å². The van der Waals surface area contributed by atoms with Crippen molar-refractivity contribution in [3.8, 4) is 6.07 Å². The predicted molar refractivity (Wildman–Crippen MR) is 121 cm³/mol. The van der Waals surface area contributed by atoms with Crippen LogP contribution in [-0.4, -0.2) is 10.7 Å². The maximum absolute atomic E-state index is 12.9. The number of H-pyrrole nitrogens is 1. The highest BCUT2D eigenvalue weighted by Crippen LogP contribution is 2.27. The number of aromatic amines is 1. The van der Waals surface area contributed by atoms with Gasteiger partial charge in [-0.25, -0.2) is 0 Å². The molecule has 0 aliphatic heterocycles. The summed E-state index contributed by atoms with van der Waals surface area (Å²) in [6, 6.07) is 28.5. The zero-order valence-corrected chi connectivity index (χ0v) is 17.0. The van der Waals surface area contributed by atoms with Crippen LogP contribution in [0.2, 0.25) is 5.02 Å². The lowest BCUT2D eigenvalue weighted by atomic mass is 9.92. The van der Waals surface area contributed by atoms with E-state index >= 15 is 0 Å². The number of hydrogen-bond acceptors (Lipinski definition) is 3. The first-order valence-corrected chi connectivity index (χ1v) is 9.83. The van der Waals surface area contributed by atoms with Gasteiger partial charge in [0.1, 0.15) is 0 Å². The molecule has 4 aromatic rings. The minimum Gasteiger partial charge on any atom is -0.322 e. The van der Waals surface area contributed by atoms with E-state index in [1.165, 1.54) is 0 Å². The van der Waals surface area contributed by atoms with E-state index in [9.17, 15) is 10.1 Å². The molecular weight excluding hydrogens is 394 g/mol.